The summed E-state index contributed by atoms with van der Waals surface area (Å²) >= 11 is 12.1. The first-order chi connectivity index (χ1) is 18.8. The van der Waals surface area contributed by atoms with Crippen molar-refractivity contribution in [3.05, 3.63) is 93.5 Å². The van der Waals surface area contributed by atoms with E-state index >= 15 is 0 Å². The number of carbonyl (C=O) groups is 2. The van der Waals surface area contributed by atoms with Crippen LogP contribution in [-0.2, 0) is 26.2 Å². The van der Waals surface area contributed by atoms with Crippen LogP contribution in [0.5, 0.6) is 0 Å². The Kier molecular flexibility index (Phi) is 10.6. The number of anilines is 1. The molecule has 0 spiro atoms. The summed E-state index contributed by atoms with van der Waals surface area (Å²) in [5.74, 6) is -0.854. The molecule has 0 unspecified atom stereocenters. The van der Waals surface area contributed by atoms with E-state index in [4.69, 9.17) is 23.2 Å². The molecule has 0 saturated carbocycles. The third kappa shape index (κ3) is 7.77. The van der Waals surface area contributed by atoms with E-state index in [0.29, 0.717) is 15.7 Å². The fraction of sp³-hybridized carbons (Fsp3) is 0.333. The summed E-state index contributed by atoms with van der Waals surface area (Å²) in [5.41, 5.74) is 2.95. The normalized spacial score (nSPS) is 12.9. The number of carbonyl (C=O) groups excluding carboxylic acids is 2. The molecule has 0 radical (unpaired) electrons. The predicted molar refractivity (Wildman–Crippen MR) is 161 cm³/mol. The molecular weight excluding hydrogens is 569 g/mol. The van der Waals surface area contributed by atoms with Crippen LogP contribution in [0.2, 0.25) is 10.0 Å². The first-order valence-corrected chi connectivity index (χ1v) is 15.2. The number of sulfonamides is 1. The number of amides is 2. The lowest BCUT2D eigenvalue weighted by Gasteiger charge is -2.32. The highest BCUT2D eigenvalue weighted by Crippen LogP contribution is 2.27. The summed E-state index contributed by atoms with van der Waals surface area (Å²) < 4.78 is 28.9. The second kappa shape index (κ2) is 13.5. The second-order valence-electron chi connectivity index (χ2n) is 9.88. The maximum absolute atomic E-state index is 14.0. The van der Waals surface area contributed by atoms with Crippen LogP contribution in [0.15, 0.2) is 71.6 Å². The van der Waals surface area contributed by atoms with Crippen LogP contribution in [0.1, 0.15) is 43.9 Å². The highest BCUT2D eigenvalue weighted by Gasteiger charge is 2.33. The van der Waals surface area contributed by atoms with Gasteiger partial charge in [-0.2, -0.15) is 0 Å². The largest absolute Gasteiger partial charge is 0.352 e. The molecule has 2 atom stereocenters. The van der Waals surface area contributed by atoms with Crippen LogP contribution in [-0.4, -0.2) is 43.8 Å². The molecule has 10 heteroatoms. The van der Waals surface area contributed by atoms with Gasteiger partial charge in [0.2, 0.25) is 11.8 Å². The van der Waals surface area contributed by atoms with Gasteiger partial charge in [0, 0.05) is 22.6 Å². The molecule has 0 fully saturated rings. The third-order valence-electron chi connectivity index (χ3n) is 6.89. The molecule has 40 heavy (non-hydrogen) atoms. The van der Waals surface area contributed by atoms with Crippen LogP contribution in [0.3, 0.4) is 0 Å². The van der Waals surface area contributed by atoms with Crippen LogP contribution < -0.4 is 9.62 Å². The van der Waals surface area contributed by atoms with E-state index in [0.717, 1.165) is 27.4 Å². The maximum atomic E-state index is 14.0. The molecule has 0 aliphatic rings. The van der Waals surface area contributed by atoms with E-state index in [1.165, 1.54) is 29.2 Å². The standard InChI is InChI=1S/C30H35Cl2N3O4S/c1-6-22(4)33-30(37)23(5)34(18-24-8-10-25(31)11-9-24)29(36)19-35(27-14-7-20(2)21(3)17-27)40(38,39)28-15-12-26(32)13-16-28/h7-17,22-23H,6,18-19H2,1-5H3,(H,33,37)/t22-,23+/m0/s1. The van der Waals surface area contributed by atoms with Crippen molar-refractivity contribution in [3.8, 4) is 0 Å². The lowest BCUT2D eigenvalue weighted by Crippen LogP contribution is -2.52. The van der Waals surface area contributed by atoms with E-state index < -0.39 is 28.5 Å². The molecule has 7 nitrogen and oxygen atoms in total. The minimum absolute atomic E-state index is 0.00487. The van der Waals surface area contributed by atoms with E-state index in [-0.39, 0.29) is 23.4 Å². The molecule has 3 aromatic rings. The Morgan fingerprint density at radius 2 is 1.45 bits per heavy atom. The Labute approximate surface area is 247 Å². The van der Waals surface area contributed by atoms with Crippen molar-refractivity contribution in [3.63, 3.8) is 0 Å². The Morgan fingerprint density at radius 3 is 2.00 bits per heavy atom. The lowest BCUT2D eigenvalue weighted by atomic mass is 10.1. The van der Waals surface area contributed by atoms with Crippen LogP contribution in [0, 0.1) is 13.8 Å². The summed E-state index contributed by atoms with van der Waals surface area (Å²) in [6, 6.07) is 17.0. The number of nitrogens with one attached hydrogen (secondary N) is 1. The van der Waals surface area contributed by atoms with Gasteiger partial charge in [-0.1, -0.05) is 48.3 Å². The molecule has 214 valence electrons. The zero-order valence-electron chi connectivity index (χ0n) is 23.3. The number of halogens is 2. The van der Waals surface area contributed by atoms with Gasteiger partial charge in [-0.15, -0.1) is 0 Å². The number of hydrogen-bond acceptors (Lipinski definition) is 4. The van der Waals surface area contributed by atoms with Gasteiger partial charge in [-0.3, -0.25) is 13.9 Å². The van der Waals surface area contributed by atoms with Gasteiger partial charge < -0.3 is 10.2 Å². The highest BCUT2D eigenvalue weighted by molar-refractivity contribution is 7.92. The molecule has 0 heterocycles. The quantitative estimate of drug-likeness (QED) is 0.285. The maximum Gasteiger partial charge on any atom is 0.264 e. The second-order valence-corrected chi connectivity index (χ2v) is 12.6. The Bertz CT molecular complexity index is 1440. The summed E-state index contributed by atoms with van der Waals surface area (Å²) in [7, 11) is -4.17. The minimum atomic E-state index is -4.17. The molecule has 0 aliphatic heterocycles. The number of nitrogens with zero attached hydrogens (tertiary/aromatic N) is 2. The van der Waals surface area contributed by atoms with Gasteiger partial charge >= 0.3 is 0 Å². The number of aryl methyl sites for hydroxylation is 2. The van der Waals surface area contributed by atoms with E-state index in [1.54, 1.807) is 43.3 Å². The molecule has 3 aromatic carbocycles. The van der Waals surface area contributed by atoms with E-state index in [1.807, 2.05) is 33.8 Å². The fourth-order valence-corrected chi connectivity index (χ4v) is 5.64. The molecule has 3 rings (SSSR count). The Balaban J connectivity index is 2.04. The van der Waals surface area contributed by atoms with Crippen LogP contribution in [0.4, 0.5) is 5.69 Å². The summed E-state index contributed by atoms with van der Waals surface area (Å²) in [5, 5.41) is 3.85. The topological polar surface area (TPSA) is 86.8 Å². The Hall–Kier alpha value is -3.07. The average molecular weight is 605 g/mol. The van der Waals surface area contributed by atoms with Gasteiger partial charge in [0.15, 0.2) is 0 Å². The van der Waals surface area contributed by atoms with Crippen molar-refractivity contribution in [2.24, 2.45) is 0 Å². The van der Waals surface area contributed by atoms with Gasteiger partial charge in [-0.25, -0.2) is 8.42 Å². The summed E-state index contributed by atoms with van der Waals surface area (Å²) in [4.78, 5) is 28.5. The van der Waals surface area contributed by atoms with Gasteiger partial charge in [-0.05, 0) is 99.3 Å². The Morgan fingerprint density at radius 1 is 0.875 bits per heavy atom. The van der Waals surface area contributed by atoms with E-state index in [2.05, 4.69) is 5.32 Å². The predicted octanol–water partition coefficient (Wildman–Crippen LogP) is 6.14. The van der Waals surface area contributed by atoms with Crippen molar-refractivity contribution in [1.82, 2.24) is 10.2 Å². The summed E-state index contributed by atoms with van der Waals surface area (Å²) in [6.07, 6.45) is 0.726. The molecule has 0 bridgehead atoms. The molecule has 2 amide bonds. The molecule has 0 aliphatic carbocycles. The molecule has 0 aromatic heterocycles. The highest BCUT2D eigenvalue weighted by atomic mass is 35.5. The number of benzene rings is 3. The smallest absolute Gasteiger partial charge is 0.264 e. The number of hydrogen-bond donors (Lipinski definition) is 1. The fourth-order valence-electron chi connectivity index (χ4n) is 3.98. The number of rotatable bonds is 11. The third-order valence-corrected chi connectivity index (χ3v) is 9.19. The van der Waals surface area contributed by atoms with Gasteiger partial charge in [0.05, 0.1) is 10.6 Å². The average Bonchev–Trinajstić information content (AvgIpc) is 2.92. The van der Waals surface area contributed by atoms with Crippen LogP contribution >= 0.6 is 23.2 Å². The van der Waals surface area contributed by atoms with E-state index in [9.17, 15) is 18.0 Å². The SMILES string of the molecule is CC[C@H](C)NC(=O)[C@@H](C)N(Cc1ccc(Cl)cc1)C(=O)CN(c1ccc(C)c(C)c1)S(=O)(=O)c1ccc(Cl)cc1. The molecule has 0 saturated heterocycles. The van der Waals surface area contributed by atoms with Crippen molar-refractivity contribution >= 4 is 50.7 Å². The van der Waals surface area contributed by atoms with Gasteiger partial charge in [0.1, 0.15) is 12.6 Å². The zero-order chi connectivity index (χ0) is 29.6. The van der Waals surface area contributed by atoms with Crippen LogP contribution in [0.25, 0.3) is 0 Å². The van der Waals surface area contributed by atoms with Crippen molar-refractivity contribution < 1.29 is 18.0 Å². The minimum Gasteiger partial charge on any atom is -0.352 e. The van der Waals surface area contributed by atoms with Crippen molar-refractivity contribution in [2.45, 2.75) is 64.6 Å². The summed E-state index contributed by atoms with van der Waals surface area (Å²) in [6.45, 7) is 8.86. The van der Waals surface area contributed by atoms with Crippen molar-refractivity contribution in [2.75, 3.05) is 10.8 Å². The van der Waals surface area contributed by atoms with Gasteiger partial charge in [0.25, 0.3) is 10.0 Å². The zero-order valence-corrected chi connectivity index (χ0v) is 25.6. The monoisotopic (exact) mass is 603 g/mol. The molecular formula is C30H35Cl2N3O4S. The first kappa shape index (κ1) is 31.5. The first-order valence-electron chi connectivity index (χ1n) is 13.0. The molecule has 1 N–H and O–H groups in total. The van der Waals surface area contributed by atoms with Crippen molar-refractivity contribution in [1.29, 1.82) is 0 Å². The lowest BCUT2D eigenvalue weighted by molar-refractivity contribution is -0.139.